The Morgan fingerprint density at radius 2 is 2.50 bits per heavy atom. The molecule has 2 atom stereocenters. The molecule has 2 rings (SSSR count). The van der Waals surface area contributed by atoms with Gasteiger partial charge in [0, 0.05) is 24.8 Å². The predicted molar refractivity (Wildman–Crippen MR) is 72.5 cm³/mol. The Hall–Kier alpha value is -1.06. The van der Waals surface area contributed by atoms with Gasteiger partial charge in [0.1, 0.15) is 5.75 Å². The topological polar surface area (TPSA) is 43.7 Å². The molecule has 3 heteroatoms. The number of rotatable bonds is 4. The number of hydrogen-bond acceptors (Lipinski definition) is 3. The van der Waals surface area contributed by atoms with Crippen molar-refractivity contribution in [1.82, 2.24) is 4.90 Å². The van der Waals surface area contributed by atoms with Crippen molar-refractivity contribution < 1.29 is 22.6 Å². The van der Waals surface area contributed by atoms with E-state index in [0.29, 0.717) is 0 Å². The van der Waals surface area contributed by atoms with Crippen molar-refractivity contribution in [3.05, 3.63) is 29.8 Å². The summed E-state index contributed by atoms with van der Waals surface area (Å²) in [7, 11) is 0. The van der Waals surface area contributed by atoms with Crippen molar-refractivity contribution in [2.45, 2.75) is 31.2 Å². The van der Waals surface area contributed by atoms with Crippen LogP contribution >= 0.6 is 0 Å². The highest BCUT2D eigenvalue weighted by Gasteiger charge is 2.40. The minimum Gasteiger partial charge on any atom is -0.508 e. The summed E-state index contributed by atoms with van der Waals surface area (Å²) in [6, 6.07) is 5.23. The number of benzene rings is 1. The molecule has 0 aliphatic heterocycles. The molecule has 1 aliphatic carbocycles. The molecule has 3 nitrogen and oxygen atoms in total. The summed E-state index contributed by atoms with van der Waals surface area (Å²) in [5.74, 6) is -2.38. The number of phenolic OH excluding ortho intramolecular Hbond substituents is 1. The molecule has 0 spiro atoms. The van der Waals surface area contributed by atoms with Crippen molar-refractivity contribution in [3.8, 4) is 5.75 Å². The molecule has 1 aromatic rings. The molecule has 0 heterocycles. The fourth-order valence-electron chi connectivity index (χ4n) is 2.28. The maximum Gasteiger partial charge on any atom is 0.211 e. The van der Waals surface area contributed by atoms with Gasteiger partial charge in [0.25, 0.3) is 0 Å². The van der Waals surface area contributed by atoms with Crippen molar-refractivity contribution in [2.24, 2.45) is 5.89 Å². The van der Waals surface area contributed by atoms with Gasteiger partial charge in [-0.05, 0) is 44.4 Å². The molecule has 0 amide bonds. The van der Waals surface area contributed by atoms with E-state index in [-0.39, 0.29) is 35.5 Å². The van der Waals surface area contributed by atoms with E-state index in [1.807, 2.05) is 0 Å². The van der Waals surface area contributed by atoms with Crippen LogP contribution in [0.2, 0.25) is 0 Å². The molecule has 1 fully saturated rings. The Kier molecular flexibility index (Phi) is 1.62. The lowest BCUT2D eigenvalue weighted by atomic mass is 9.71. The Morgan fingerprint density at radius 1 is 1.61 bits per heavy atom. The van der Waals surface area contributed by atoms with Gasteiger partial charge in [-0.25, -0.2) is 0 Å². The SMILES string of the molecule is [2H]O[C@@]1(c2cccc(O)c2)C([2H])([2H])CCC[C@@]1([2H])CN(C([2H])([2H])[2H])C([2H])([2H])[2H]. The maximum atomic E-state index is 9.84. The van der Waals surface area contributed by atoms with Crippen molar-refractivity contribution in [3.63, 3.8) is 0 Å². The molecule has 2 N–H and O–H groups in total. The molecule has 18 heavy (non-hydrogen) atoms. The smallest absolute Gasteiger partial charge is 0.211 e. The van der Waals surface area contributed by atoms with Gasteiger partial charge in [-0.2, -0.15) is 0 Å². The summed E-state index contributed by atoms with van der Waals surface area (Å²) in [6.45, 7) is -7.03. The van der Waals surface area contributed by atoms with Crippen LogP contribution in [0.3, 0.4) is 0 Å². The minimum atomic E-state index is -3.07. The summed E-state index contributed by atoms with van der Waals surface area (Å²) in [5.41, 5.74) is -2.34. The van der Waals surface area contributed by atoms with Gasteiger partial charge in [-0.15, -0.1) is 0 Å². The van der Waals surface area contributed by atoms with Crippen LogP contribution in [0.4, 0.5) is 0 Å². The standard InChI is InChI=1S/C15H23NO2/c1-16(2)11-13-6-3-4-9-15(13,18)12-7-5-8-14(17)10-12/h5,7-8,10,13,17-18H,3-4,6,9,11H2,1-2H3/t13-,15+/m0/s1/i1D3,2D3,9D2,13D,18D. The average molecular weight is 259 g/mol. The monoisotopic (exact) mass is 259 g/mol. The first-order valence-electron chi connectivity index (χ1n) is 10.7. The largest absolute Gasteiger partial charge is 0.508 e. The fraction of sp³-hybridized carbons (Fsp3) is 0.600. The van der Waals surface area contributed by atoms with Gasteiger partial charge in [-0.3, -0.25) is 0 Å². The summed E-state index contributed by atoms with van der Waals surface area (Å²) in [4.78, 5) is 0.185. The first kappa shape index (κ1) is 5.51. The minimum absolute atomic E-state index is 0.0294. The Morgan fingerprint density at radius 3 is 3.22 bits per heavy atom. The highest BCUT2D eigenvalue weighted by atomic mass is 16.3. The van der Waals surface area contributed by atoms with E-state index in [1.54, 1.807) is 0 Å². The molecule has 1 saturated carbocycles. The maximum absolute atomic E-state index is 9.84. The van der Waals surface area contributed by atoms with E-state index in [9.17, 15) is 5.11 Å². The van der Waals surface area contributed by atoms with Gasteiger partial charge in [0.15, 0.2) is 0 Å². The lowest BCUT2D eigenvalue weighted by Crippen LogP contribution is -2.43. The zero-order chi connectivity index (χ0) is 21.6. The van der Waals surface area contributed by atoms with Crippen LogP contribution in [-0.2, 0) is 5.60 Å². The summed E-state index contributed by atoms with van der Waals surface area (Å²) in [6.07, 6.45) is -2.29. The van der Waals surface area contributed by atoms with E-state index in [2.05, 4.69) is 0 Å². The Bertz CT molecular complexity index is 693. The van der Waals surface area contributed by atoms with Gasteiger partial charge < -0.3 is 15.1 Å². The average Bonchev–Trinajstić information content (AvgIpc) is 2.50. The lowest BCUT2D eigenvalue weighted by molar-refractivity contribution is -0.0619. The third-order valence-corrected chi connectivity index (χ3v) is 3.13. The highest BCUT2D eigenvalue weighted by molar-refractivity contribution is 5.32. The van der Waals surface area contributed by atoms with E-state index in [4.69, 9.17) is 18.9 Å². The second-order valence-corrected chi connectivity index (χ2v) is 4.45. The molecular formula is C15H23NO2. The fourth-order valence-corrected chi connectivity index (χ4v) is 2.28. The van der Waals surface area contributed by atoms with Crippen LogP contribution in [0.25, 0.3) is 0 Å². The van der Waals surface area contributed by atoms with Crippen LogP contribution in [0, 0.1) is 5.89 Å². The zero-order valence-corrected chi connectivity index (χ0v) is 9.94. The number of hydrogen-bond donors (Lipinski definition) is 2. The van der Waals surface area contributed by atoms with Crippen LogP contribution in [0.15, 0.2) is 24.3 Å². The van der Waals surface area contributed by atoms with Gasteiger partial charge in [-0.1, -0.05) is 25.0 Å². The predicted octanol–water partition coefficient (Wildman–Crippen LogP) is 2.33. The molecule has 0 radical (unpaired) electrons. The summed E-state index contributed by atoms with van der Waals surface area (Å²) in [5, 5.41) is 14.7. The van der Waals surface area contributed by atoms with E-state index in [1.165, 1.54) is 18.2 Å². The summed E-state index contributed by atoms with van der Waals surface area (Å²) >= 11 is 0. The number of aromatic hydroxyl groups is 1. The van der Waals surface area contributed by atoms with Crippen molar-refractivity contribution >= 4 is 0 Å². The van der Waals surface area contributed by atoms with Gasteiger partial charge in [0.05, 0.1) is 5.60 Å². The first-order valence-corrected chi connectivity index (χ1v) is 5.82. The van der Waals surface area contributed by atoms with Gasteiger partial charge in [0.2, 0.25) is 1.43 Å². The van der Waals surface area contributed by atoms with E-state index >= 15 is 0 Å². The lowest BCUT2D eigenvalue weighted by Gasteiger charge is -2.41. The third-order valence-electron chi connectivity index (χ3n) is 3.13. The van der Waals surface area contributed by atoms with Crippen molar-refractivity contribution in [1.29, 1.82) is 1.43 Å². The second-order valence-electron chi connectivity index (χ2n) is 4.45. The van der Waals surface area contributed by atoms with Gasteiger partial charge >= 0.3 is 0 Å². The van der Waals surface area contributed by atoms with Crippen LogP contribution < -0.4 is 0 Å². The van der Waals surface area contributed by atoms with Crippen LogP contribution in [0.5, 0.6) is 5.75 Å². The zero-order valence-electron chi connectivity index (χ0n) is 19.9. The highest BCUT2D eigenvalue weighted by Crippen LogP contribution is 2.42. The van der Waals surface area contributed by atoms with Crippen LogP contribution in [-0.4, -0.2) is 37.0 Å². The molecule has 0 aromatic heterocycles. The molecule has 100 valence electrons. The Labute approximate surface area is 123 Å². The summed E-state index contributed by atoms with van der Waals surface area (Å²) < 4.78 is 79.0. The molecule has 1 aliphatic rings. The number of phenols is 1. The number of aliphatic hydroxyl groups is 1. The molecular weight excluding hydrogens is 226 g/mol. The normalized spacial score (nSPS) is 44.9. The molecule has 0 saturated heterocycles. The molecule has 0 bridgehead atoms. The number of nitrogens with zero attached hydrogens (tertiary/aromatic N) is 1. The second kappa shape index (κ2) is 5.29. The quantitative estimate of drug-likeness (QED) is 0.872. The van der Waals surface area contributed by atoms with Crippen LogP contribution in [0.1, 0.15) is 43.5 Å². The van der Waals surface area contributed by atoms with E-state index in [0.717, 1.165) is 6.07 Å². The first-order chi connectivity index (χ1) is 12.6. The third kappa shape index (κ3) is 2.68. The molecule has 0 unspecified atom stereocenters. The van der Waals surface area contributed by atoms with Crippen molar-refractivity contribution in [2.75, 3.05) is 20.5 Å². The van der Waals surface area contributed by atoms with E-state index < -0.39 is 38.4 Å². The Balaban J connectivity index is 2.70. The molecule has 1 aromatic carbocycles.